The van der Waals surface area contributed by atoms with E-state index in [1.54, 1.807) is 0 Å². The van der Waals surface area contributed by atoms with E-state index in [1.165, 1.54) is 0 Å². The minimum absolute atomic E-state index is 0.0811. The molecule has 1 amide bonds. The average Bonchev–Trinajstić information content (AvgIpc) is 2.54. The fourth-order valence-corrected chi connectivity index (χ4v) is 2.42. The molecule has 9 heteroatoms. The monoisotopic (exact) mass is 368 g/mol. The maximum absolute atomic E-state index is 12.3. The lowest BCUT2D eigenvalue weighted by Gasteiger charge is -2.32. The molecular formula is C16H31F3N4O2. The highest BCUT2D eigenvalue weighted by Crippen LogP contribution is 2.29. The fourth-order valence-electron chi connectivity index (χ4n) is 2.42. The molecule has 148 valence electrons. The van der Waals surface area contributed by atoms with E-state index in [4.69, 9.17) is 0 Å². The molecule has 0 aliphatic carbocycles. The van der Waals surface area contributed by atoms with Gasteiger partial charge in [0.05, 0.1) is 0 Å². The van der Waals surface area contributed by atoms with Crippen molar-refractivity contribution < 1.29 is 23.1 Å². The van der Waals surface area contributed by atoms with E-state index in [1.807, 2.05) is 20.8 Å². The second-order valence-corrected chi connectivity index (χ2v) is 6.09. The number of hydrogen-bond donors (Lipinski definition) is 3. The van der Waals surface area contributed by atoms with Gasteiger partial charge < -0.3 is 20.6 Å². The summed E-state index contributed by atoms with van der Waals surface area (Å²) < 4.78 is 36.9. The molecule has 0 saturated heterocycles. The smallest absolute Gasteiger partial charge is 0.396 e. The number of aliphatic hydroxyl groups is 1. The summed E-state index contributed by atoms with van der Waals surface area (Å²) in [6.45, 7) is 5.47. The number of carbonyl (C=O) groups excluding carboxylic acids is 1. The summed E-state index contributed by atoms with van der Waals surface area (Å²) in [5.41, 5.74) is -0.0952. The number of guanidine groups is 1. The molecule has 0 aromatic carbocycles. The minimum Gasteiger partial charge on any atom is -0.396 e. The highest BCUT2D eigenvalue weighted by molar-refractivity contribution is 5.84. The number of aliphatic imine (C=N–C) groups is 1. The third-order valence-corrected chi connectivity index (χ3v) is 4.33. The van der Waals surface area contributed by atoms with E-state index in [2.05, 4.69) is 15.6 Å². The van der Waals surface area contributed by atoms with Crippen LogP contribution in [0.2, 0.25) is 0 Å². The van der Waals surface area contributed by atoms with Gasteiger partial charge in [0.15, 0.2) is 5.96 Å². The third kappa shape index (κ3) is 9.52. The predicted octanol–water partition coefficient (Wildman–Crippen LogP) is 1.75. The number of amides is 1. The number of carbonyl (C=O) groups is 1. The van der Waals surface area contributed by atoms with Crippen LogP contribution in [0, 0.1) is 5.41 Å². The zero-order valence-corrected chi connectivity index (χ0v) is 15.5. The topological polar surface area (TPSA) is 77.0 Å². The Labute approximate surface area is 147 Å². The van der Waals surface area contributed by atoms with Crippen LogP contribution < -0.4 is 10.6 Å². The van der Waals surface area contributed by atoms with E-state index < -0.39 is 18.6 Å². The van der Waals surface area contributed by atoms with Crippen molar-refractivity contribution in [3.05, 3.63) is 0 Å². The Morgan fingerprint density at radius 1 is 1.16 bits per heavy atom. The number of aliphatic hydroxyl groups excluding tert-OH is 1. The highest BCUT2D eigenvalue weighted by atomic mass is 19.4. The molecule has 0 radical (unpaired) electrons. The van der Waals surface area contributed by atoms with Crippen LogP contribution in [0.3, 0.4) is 0 Å². The van der Waals surface area contributed by atoms with Crippen molar-refractivity contribution in [2.75, 3.05) is 39.8 Å². The summed E-state index contributed by atoms with van der Waals surface area (Å²) in [6, 6.07) is 0. The molecule has 0 unspecified atom stereocenters. The molecule has 0 fully saturated rings. The Bertz CT molecular complexity index is 424. The summed E-state index contributed by atoms with van der Waals surface area (Å²) in [6.07, 6.45) is -2.06. The lowest BCUT2D eigenvalue weighted by molar-refractivity contribution is -0.157. The van der Waals surface area contributed by atoms with Crippen LogP contribution in [0.4, 0.5) is 13.2 Å². The summed E-state index contributed by atoms with van der Waals surface area (Å²) in [5, 5.41) is 15.3. The molecular weight excluding hydrogens is 337 g/mol. The predicted molar refractivity (Wildman–Crippen MR) is 92.4 cm³/mol. The fraction of sp³-hybridized carbons (Fsp3) is 0.875. The summed E-state index contributed by atoms with van der Waals surface area (Å²) in [4.78, 5) is 16.5. The van der Waals surface area contributed by atoms with Gasteiger partial charge in [0.2, 0.25) is 5.91 Å². The number of hydrogen-bond acceptors (Lipinski definition) is 3. The van der Waals surface area contributed by atoms with E-state index in [-0.39, 0.29) is 18.6 Å². The van der Waals surface area contributed by atoms with Crippen molar-refractivity contribution in [2.45, 2.75) is 46.2 Å². The molecule has 0 rings (SSSR count). The van der Waals surface area contributed by atoms with Gasteiger partial charge >= 0.3 is 6.18 Å². The lowest BCUT2D eigenvalue weighted by Crippen LogP contribution is -2.44. The van der Waals surface area contributed by atoms with Crippen LogP contribution in [-0.2, 0) is 4.79 Å². The van der Waals surface area contributed by atoms with Crippen LogP contribution >= 0.6 is 0 Å². The third-order valence-electron chi connectivity index (χ3n) is 4.33. The average molecular weight is 368 g/mol. The Morgan fingerprint density at radius 3 is 2.20 bits per heavy atom. The highest BCUT2D eigenvalue weighted by Gasteiger charge is 2.31. The zero-order chi connectivity index (χ0) is 19.5. The number of nitrogens with one attached hydrogen (secondary N) is 2. The Hall–Kier alpha value is -1.51. The van der Waals surface area contributed by atoms with Crippen molar-refractivity contribution in [1.82, 2.24) is 15.5 Å². The molecule has 0 aliphatic rings. The van der Waals surface area contributed by atoms with Crippen LogP contribution in [0.1, 0.15) is 40.0 Å². The summed E-state index contributed by atoms with van der Waals surface area (Å²) in [5.74, 6) is -0.331. The van der Waals surface area contributed by atoms with Crippen molar-refractivity contribution in [2.24, 2.45) is 10.4 Å². The van der Waals surface area contributed by atoms with E-state index in [9.17, 15) is 23.1 Å². The molecule has 0 spiro atoms. The molecule has 25 heavy (non-hydrogen) atoms. The van der Waals surface area contributed by atoms with Gasteiger partial charge in [-0.25, -0.2) is 4.99 Å². The van der Waals surface area contributed by atoms with E-state index in [0.717, 1.165) is 19.9 Å². The molecule has 6 nitrogen and oxygen atoms in total. The molecule has 0 aromatic heterocycles. The first-order valence-corrected chi connectivity index (χ1v) is 8.56. The first-order chi connectivity index (χ1) is 11.6. The summed E-state index contributed by atoms with van der Waals surface area (Å²) in [7, 11) is 1.10. The maximum atomic E-state index is 12.3. The molecule has 0 aliphatic heterocycles. The zero-order valence-electron chi connectivity index (χ0n) is 15.5. The van der Waals surface area contributed by atoms with Gasteiger partial charge in [-0.05, 0) is 31.6 Å². The first-order valence-electron chi connectivity index (χ1n) is 8.56. The minimum atomic E-state index is -4.43. The number of likely N-dealkylation sites (N-methyl/N-ethyl adjacent to an activating group) is 1. The van der Waals surface area contributed by atoms with Crippen molar-refractivity contribution in [3.63, 3.8) is 0 Å². The standard InChI is InChI=1S/C16H31F3N4O2/c1-5-15(6-2,8-9-24)11-22-14(20-7-3)21-10-13(25)23(4)12-16(17,18)19/h24H,5-12H2,1-4H3,(H2,20,21,22). The van der Waals surface area contributed by atoms with Crippen LogP contribution in [0.25, 0.3) is 0 Å². The second-order valence-electron chi connectivity index (χ2n) is 6.09. The van der Waals surface area contributed by atoms with Crippen molar-refractivity contribution >= 4 is 11.9 Å². The Balaban J connectivity index is 4.81. The summed E-state index contributed by atoms with van der Waals surface area (Å²) >= 11 is 0. The quantitative estimate of drug-likeness (QED) is 0.406. The number of nitrogens with zero attached hydrogens (tertiary/aromatic N) is 2. The van der Waals surface area contributed by atoms with Gasteiger partial charge in [0.25, 0.3) is 0 Å². The second kappa shape index (κ2) is 11.2. The van der Waals surface area contributed by atoms with Crippen LogP contribution in [0.5, 0.6) is 0 Å². The molecule has 3 N–H and O–H groups in total. The number of rotatable bonds is 10. The molecule has 0 bridgehead atoms. The molecule has 0 aromatic rings. The van der Waals surface area contributed by atoms with Gasteiger partial charge in [-0.3, -0.25) is 4.79 Å². The normalized spacial score (nSPS) is 12.9. The molecule has 0 atom stereocenters. The van der Waals surface area contributed by atoms with E-state index >= 15 is 0 Å². The lowest BCUT2D eigenvalue weighted by atomic mass is 9.79. The largest absolute Gasteiger partial charge is 0.406 e. The first kappa shape index (κ1) is 23.5. The maximum Gasteiger partial charge on any atom is 0.406 e. The van der Waals surface area contributed by atoms with Gasteiger partial charge in [-0.1, -0.05) is 13.8 Å². The van der Waals surface area contributed by atoms with Gasteiger partial charge in [-0.15, -0.1) is 0 Å². The van der Waals surface area contributed by atoms with Gasteiger partial charge in [-0.2, -0.15) is 13.2 Å². The molecule has 0 heterocycles. The number of halogens is 3. The van der Waals surface area contributed by atoms with Crippen LogP contribution in [0.15, 0.2) is 4.99 Å². The van der Waals surface area contributed by atoms with E-state index in [0.29, 0.717) is 30.4 Å². The van der Waals surface area contributed by atoms with Crippen molar-refractivity contribution in [3.8, 4) is 0 Å². The Morgan fingerprint density at radius 2 is 1.76 bits per heavy atom. The molecule has 0 saturated carbocycles. The van der Waals surface area contributed by atoms with Crippen LogP contribution in [-0.4, -0.2) is 67.9 Å². The van der Waals surface area contributed by atoms with Gasteiger partial charge in [0, 0.05) is 26.7 Å². The van der Waals surface area contributed by atoms with Crippen molar-refractivity contribution in [1.29, 1.82) is 0 Å². The van der Waals surface area contributed by atoms with Gasteiger partial charge in [0.1, 0.15) is 13.1 Å². The number of alkyl halides is 3. The SMILES string of the molecule is CCNC(=NCC(=O)N(C)CC(F)(F)F)NCC(CC)(CC)CCO. The Kier molecular flexibility index (Phi) is 10.5.